The molecule has 0 radical (unpaired) electrons. The zero-order chi connectivity index (χ0) is 24.8. The van der Waals surface area contributed by atoms with Crippen molar-refractivity contribution in [1.82, 2.24) is 0 Å². The van der Waals surface area contributed by atoms with E-state index >= 15 is 0 Å². The highest BCUT2D eigenvalue weighted by atomic mass is 16.6. The molecule has 0 fully saturated rings. The van der Waals surface area contributed by atoms with Gasteiger partial charge in [-0.1, -0.05) is 0 Å². The first-order chi connectivity index (χ1) is 16.3. The van der Waals surface area contributed by atoms with Gasteiger partial charge in [0.15, 0.2) is 13.2 Å². The van der Waals surface area contributed by atoms with Crippen LogP contribution in [0.1, 0.15) is 0 Å². The second kappa shape index (κ2) is 14.1. The molecule has 0 aromatic heterocycles. The zero-order valence-corrected chi connectivity index (χ0v) is 18.1. The van der Waals surface area contributed by atoms with Crippen molar-refractivity contribution >= 4 is 35.3 Å². The van der Waals surface area contributed by atoms with Crippen LogP contribution >= 0.6 is 0 Å². The number of esters is 4. The smallest absolute Gasteiger partial charge is 0.349 e. The molecule has 182 valence electrons. The first kappa shape index (κ1) is 26.1. The van der Waals surface area contributed by atoms with Crippen molar-refractivity contribution in [2.75, 3.05) is 51.1 Å². The van der Waals surface area contributed by atoms with Gasteiger partial charge in [0, 0.05) is 11.4 Å². The van der Waals surface area contributed by atoms with Gasteiger partial charge in [-0.05, 0) is 48.5 Å². The highest BCUT2D eigenvalue weighted by Gasteiger charge is 2.11. The average Bonchev–Trinajstić information content (AvgIpc) is 2.81. The molecule has 12 nitrogen and oxygen atoms in total. The van der Waals surface area contributed by atoms with Crippen LogP contribution < -0.4 is 20.9 Å². The highest BCUT2D eigenvalue weighted by molar-refractivity contribution is 5.79. The Kier molecular flexibility index (Phi) is 10.8. The van der Waals surface area contributed by atoms with Crippen LogP contribution in [0.15, 0.2) is 48.5 Å². The van der Waals surface area contributed by atoms with Crippen molar-refractivity contribution in [3.63, 3.8) is 0 Å². The Morgan fingerprint density at radius 3 is 1.24 bits per heavy atom. The zero-order valence-electron chi connectivity index (χ0n) is 18.1. The number of nitrogens with two attached hydrogens (primary N) is 2. The summed E-state index contributed by atoms with van der Waals surface area (Å²) in [5.41, 5.74) is 12.1. The molecule has 0 amide bonds. The molecule has 0 unspecified atom stereocenters. The molecule has 2 aromatic rings. The van der Waals surface area contributed by atoms with Crippen LogP contribution in [0.2, 0.25) is 0 Å². The van der Waals surface area contributed by atoms with Crippen molar-refractivity contribution in [2.45, 2.75) is 0 Å². The number of ether oxygens (including phenoxy) is 6. The quantitative estimate of drug-likeness (QED) is 0.177. The van der Waals surface area contributed by atoms with Crippen LogP contribution in [0, 0.1) is 0 Å². The van der Waals surface area contributed by atoms with Crippen molar-refractivity contribution in [3.8, 4) is 11.5 Å². The summed E-state index contributed by atoms with van der Waals surface area (Å²) in [6, 6.07) is 12.2. The molecule has 0 saturated heterocycles. The summed E-state index contributed by atoms with van der Waals surface area (Å²) >= 11 is 0. The molecule has 0 aliphatic rings. The summed E-state index contributed by atoms with van der Waals surface area (Å²) in [7, 11) is 0. The molecule has 2 rings (SSSR count). The molecule has 0 bridgehead atoms. The predicted octanol–water partition coefficient (Wildman–Crippen LogP) is 0.482. The number of carbonyl (C=O) groups is 4. The van der Waals surface area contributed by atoms with Crippen molar-refractivity contribution in [3.05, 3.63) is 48.5 Å². The lowest BCUT2D eigenvalue weighted by Crippen LogP contribution is -2.23. The van der Waals surface area contributed by atoms with E-state index in [0.29, 0.717) is 11.4 Å². The number of rotatable bonds is 13. The minimum atomic E-state index is -0.784. The van der Waals surface area contributed by atoms with Gasteiger partial charge in [-0.25, -0.2) is 19.2 Å². The maximum atomic E-state index is 11.6. The summed E-state index contributed by atoms with van der Waals surface area (Å²) in [5, 5.41) is 0. The van der Waals surface area contributed by atoms with Gasteiger partial charge in [0.1, 0.15) is 24.7 Å². The SMILES string of the molecule is Nc1ccc(OC(=O)COC(=O)COCCOCC(=O)OCC(=O)Oc2ccc(N)cc2)cc1. The summed E-state index contributed by atoms with van der Waals surface area (Å²) in [5.74, 6) is -2.57. The van der Waals surface area contributed by atoms with E-state index in [-0.39, 0.29) is 24.7 Å². The monoisotopic (exact) mass is 476 g/mol. The van der Waals surface area contributed by atoms with E-state index in [1.807, 2.05) is 0 Å². The van der Waals surface area contributed by atoms with Crippen molar-refractivity contribution in [2.24, 2.45) is 0 Å². The van der Waals surface area contributed by atoms with Crippen LogP contribution in [-0.2, 0) is 38.1 Å². The third kappa shape index (κ3) is 10.9. The summed E-state index contributed by atoms with van der Waals surface area (Å²) in [6.45, 7) is -2.10. The fraction of sp³-hybridized carbons (Fsp3) is 0.273. The van der Waals surface area contributed by atoms with Crippen LogP contribution in [0.3, 0.4) is 0 Å². The summed E-state index contributed by atoms with van der Waals surface area (Å²) in [4.78, 5) is 46.3. The average molecular weight is 476 g/mol. The van der Waals surface area contributed by atoms with E-state index in [1.54, 1.807) is 24.3 Å². The number of anilines is 2. The normalized spacial score (nSPS) is 10.2. The van der Waals surface area contributed by atoms with Crippen LogP contribution in [0.25, 0.3) is 0 Å². The van der Waals surface area contributed by atoms with Crippen LogP contribution in [0.5, 0.6) is 11.5 Å². The molecule has 2 aromatic carbocycles. The first-order valence-electron chi connectivity index (χ1n) is 9.91. The van der Waals surface area contributed by atoms with Crippen LogP contribution in [0.4, 0.5) is 11.4 Å². The predicted molar refractivity (Wildman–Crippen MR) is 117 cm³/mol. The van der Waals surface area contributed by atoms with E-state index in [2.05, 4.69) is 0 Å². The van der Waals surface area contributed by atoms with Gasteiger partial charge < -0.3 is 39.9 Å². The molecule has 0 spiro atoms. The van der Waals surface area contributed by atoms with E-state index in [0.717, 1.165) is 0 Å². The Balaban J connectivity index is 1.46. The minimum Gasteiger partial charge on any atom is -0.452 e. The Bertz CT molecular complexity index is 881. The second-order valence-electron chi connectivity index (χ2n) is 6.51. The molecule has 0 atom stereocenters. The maximum absolute atomic E-state index is 11.6. The second-order valence-corrected chi connectivity index (χ2v) is 6.51. The van der Waals surface area contributed by atoms with Gasteiger partial charge in [0.25, 0.3) is 0 Å². The Hall–Kier alpha value is -4.16. The maximum Gasteiger partial charge on any atom is 0.349 e. The van der Waals surface area contributed by atoms with Gasteiger partial charge in [-0.2, -0.15) is 0 Å². The number of hydrogen-bond acceptors (Lipinski definition) is 12. The number of benzene rings is 2. The lowest BCUT2D eigenvalue weighted by atomic mass is 10.3. The fourth-order valence-corrected chi connectivity index (χ4v) is 2.18. The van der Waals surface area contributed by atoms with E-state index in [1.165, 1.54) is 24.3 Å². The van der Waals surface area contributed by atoms with Gasteiger partial charge in [-0.15, -0.1) is 0 Å². The molecule has 0 saturated carbocycles. The highest BCUT2D eigenvalue weighted by Crippen LogP contribution is 2.14. The van der Waals surface area contributed by atoms with Crippen LogP contribution in [-0.4, -0.2) is 63.5 Å². The fourth-order valence-electron chi connectivity index (χ4n) is 2.18. The summed E-state index contributed by atoms with van der Waals surface area (Å²) < 4.78 is 29.4. The topological polar surface area (TPSA) is 176 Å². The van der Waals surface area contributed by atoms with Crippen molar-refractivity contribution in [1.29, 1.82) is 0 Å². The largest absolute Gasteiger partial charge is 0.452 e. The number of hydrogen-bond donors (Lipinski definition) is 2. The lowest BCUT2D eigenvalue weighted by Gasteiger charge is -2.08. The van der Waals surface area contributed by atoms with E-state index in [4.69, 9.17) is 39.9 Å². The van der Waals surface area contributed by atoms with Gasteiger partial charge >= 0.3 is 23.9 Å². The molecule has 4 N–H and O–H groups in total. The molecular formula is C22H24N2O10. The standard InChI is InChI=1S/C22H24N2O10/c23-15-1-5-17(6-2-15)33-21(27)13-31-19(25)11-29-9-10-30-12-20(26)32-14-22(28)34-18-7-3-16(24)4-8-18/h1-8H,9-14,23-24H2. The Labute approximate surface area is 194 Å². The van der Waals surface area contributed by atoms with Gasteiger partial charge in [-0.3, -0.25) is 0 Å². The first-order valence-corrected chi connectivity index (χ1v) is 9.91. The van der Waals surface area contributed by atoms with Gasteiger partial charge in [0.2, 0.25) is 0 Å². The number of carbonyl (C=O) groups excluding carboxylic acids is 4. The Morgan fingerprint density at radius 1 is 0.529 bits per heavy atom. The molecule has 0 aliphatic heterocycles. The minimum absolute atomic E-state index is 0.0303. The molecule has 34 heavy (non-hydrogen) atoms. The summed E-state index contributed by atoms with van der Waals surface area (Å²) in [6.07, 6.45) is 0. The third-order valence-corrected chi connectivity index (χ3v) is 3.74. The Morgan fingerprint density at radius 2 is 0.882 bits per heavy atom. The van der Waals surface area contributed by atoms with E-state index < -0.39 is 50.3 Å². The van der Waals surface area contributed by atoms with Gasteiger partial charge in [0.05, 0.1) is 13.2 Å². The molecular weight excluding hydrogens is 452 g/mol. The number of nitrogen functional groups attached to an aromatic ring is 2. The van der Waals surface area contributed by atoms with Crippen molar-refractivity contribution < 1.29 is 47.6 Å². The molecule has 12 heteroatoms. The molecule has 0 aliphatic carbocycles. The third-order valence-electron chi connectivity index (χ3n) is 3.74. The lowest BCUT2D eigenvalue weighted by molar-refractivity contribution is -0.159. The molecule has 0 heterocycles. The van der Waals surface area contributed by atoms with E-state index in [9.17, 15) is 19.2 Å².